The van der Waals surface area contributed by atoms with Gasteiger partial charge in [0.15, 0.2) is 0 Å². The normalized spacial score (nSPS) is 13.5. The van der Waals surface area contributed by atoms with Crippen molar-refractivity contribution in [2.45, 2.75) is 0 Å². The highest BCUT2D eigenvalue weighted by Crippen LogP contribution is 2.16. The minimum Gasteiger partial charge on any atom is -0.255 e. The molecule has 1 atom stereocenters. The molecule has 0 saturated carbocycles. The Hall–Kier alpha value is -0.600. The third kappa shape index (κ3) is 2.80. The quantitative estimate of drug-likeness (QED) is 0.718. The second-order valence-corrected chi connectivity index (χ2v) is 4.00. The lowest BCUT2D eigenvalue weighted by Gasteiger charge is -1.94. The second-order valence-electron chi connectivity index (χ2n) is 2.32. The van der Waals surface area contributed by atoms with Crippen LogP contribution in [0.15, 0.2) is 29.7 Å². The summed E-state index contributed by atoms with van der Waals surface area (Å²) >= 11 is 5.86. The summed E-state index contributed by atoms with van der Waals surface area (Å²) in [5.74, 6) is 0. The van der Waals surface area contributed by atoms with Gasteiger partial charge in [0.2, 0.25) is 0 Å². The average molecular weight is 201 g/mol. The van der Waals surface area contributed by atoms with Gasteiger partial charge in [-0.05, 0) is 17.7 Å². The van der Waals surface area contributed by atoms with Crippen molar-refractivity contribution in [3.05, 3.63) is 40.3 Å². The monoisotopic (exact) mass is 200 g/mol. The molecule has 0 amide bonds. The Morgan fingerprint density at radius 1 is 1.42 bits per heavy atom. The molecule has 1 nitrogen and oxygen atoms in total. The molecule has 0 aliphatic heterocycles. The zero-order chi connectivity index (χ0) is 8.97. The highest BCUT2D eigenvalue weighted by molar-refractivity contribution is 7.87. The molecule has 0 radical (unpaired) electrons. The molecular weight excluding hydrogens is 192 g/mol. The van der Waals surface area contributed by atoms with Gasteiger partial charge in [-0.1, -0.05) is 29.8 Å². The molecule has 0 spiro atoms. The molecule has 3 heteroatoms. The van der Waals surface area contributed by atoms with Crippen molar-refractivity contribution in [3.8, 4) is 0 Å². The fourth-order valence-corrected chi connectivity index (χ4v) is 1.32. The maximum absolute atomic E-state index is 10.7. The minimum absolute atomic E-state index is 0.680. The molecular formula is C9H9ClOS. The maximum atomic E-state index is 10.7. The van der Waals surface area contributed by atoms with Gasteiger partial charge in [-0.25, -0.2) is 0 Å². The van der Waals surface area contributed by atoms with E-state index in [0.29, 0.717) is 5.02 Å². The van der Waals surface area contributed by atoms with Crippen molar-refractivity contribution in [2.24, 2.45) is 0 Å². The van der Waals surface area contributed by atoms with Crippen LogP contribution in [0.25, 0.3) is 6.08 Å². The van der Waals surface area contributed by atoms with E-state index in [0.717, 1.165) is 5.56 Å². The number of rotatable bonds is 2. The van der Waals surface area contributed by atoms with E-state index in [2.05, 4.69) is 0 Å². The van der Waals surface area contributed by atoms with Gasteiger partial charge in [0.25, 0.3) is 0 Å². The van der Waals surface area contributed by atoms with Gasteiger partial charge in [-0.2, -0.15) is 0 Å². The highest BCUT2D eigenvalue weighted by Gasteiger charge is 1.92. The smallest absolute Gasteiger partial charge is 0.0478 e. The fraction of sp³-hybridized carbons (Fsp3) is 0.111. The Morgan fingerprint density at radius 2 is 2.08 bits per heavy atom. The molecule has 0 heterocycles. The molecule has 0 bridgehead atoms. The number of hydrogen-bond donors (Lipinski definition) is 0. The van der Waals surface area contributed by atoms with Crippen LogP contribution < -0.4 is 0 Å². The summed E-state index contributed by atoms with van der Waals surface area (Å²) < 4.78 is 10.7. The van der Waals surface area contributed by atoms with Gasteiger partial charge in [-0.3, -0.25) is 4.21 Å². The Bertz CT molecular complexity index is 320. The van der Waals surface area contributed by atoms with Gasteiger partial charge >= 0.3 is 0 Å². The largest absolute Gasteiger partial charge is 0.255 e. The molecule has 0 N–H and O–H groups in total. The van der Waals surface area contributed by atoms with Crippen LogP contribution in [-0.4, -0.2) is 10.5 Å². The minimum atomic E-state index is -0.914. The molecule has 0 aromatic heterocycles. The van der Waals surface area contributed by atoms with E-state index in [1.54, 1.807) is 23.8 Å². The fourth-order valence-electron chi connectivity index (χ4n) is 0.779. The first-order valence-electron chi connectivity index (χ1n) is 3.45. The Balaban J connectivity index is 2.89. The lowest BCUT2D eigenvalue weighted by molar-refractivity contribution is 0.692. The molecule has 12 heavy (non-hydrogen) atoms. The lowest BCUT2D eigenvalue weighted by atomic mass is 10.2. The summed E-state index contributed by atoms with van der Waals surface area (Å²) in [5, 5.41) is 2.29. The Labute approximate surface area is 79.5 Å². The lowest BCUT2D eigenvalue weighted by Crippen LogP contribution is -1.77. The molecule has 0 aliphatic carbocycles. The molecule has 1 unspecified atom stereocenters. The standard InChI is InChI=1S/C9H9ClOS/c1-12(11)7-6-8-4-2-3-5-9(8)10/h2-7H,1H3/b7-6+. The SMILES string of the molecule is CS(=O)/C=C/c1ccccc1Cl. The van der Waals surface area contributed by atoms with E-state index in [1.807, 2.05) is 18.2 Å². The maximum Gasteiger partial charge on any atom is 0.0478 e. The highest BCUT2D eigenvalue weighted by atomic mass is 35.5. The topological polar surface area (TPSA) is 17.1 Å². The Kier molecular flexibility index (Phi) is 3.50. The van der Waals surface area contributed by atoms with Gasteiger partial charge in [0, 0.05) is 27.5 Å². The summed E-state index contributed by atoms with van der Waals surface area (Å²) in [4.78, 5) is 0. The van der Waals surface area contributed by atoms with Crippen molar-refractivity contribution in [1.29, 1.82) is 0 Å². The van der Waals surface area contributed by atoms with Crippen LogP contribution in [0.1, 0.15) is 5.56 Å². The molecule has 1 aromatic rings. The zero-order valence-electron chi connectivity index (χ0n) is 6.66. The van der Waals surface area contributed by atoms with Gasteiger partial charge < -0.3 is 0 Å². The zero-order valence-corrected chi connectivity index (χ0v) is 8.23. The van der Waals surface area contributed by atoms with Crippen LogP contribution in [0.4, 0.5) is 0 Å². The third-order valence-electron chi connectivity index (χ3n) is 1.34. The van der Waals surface area contributed by atoms with Crippen molar-refractivity contribution in [2.75, 3.05) is 6.26 Å². The van der Waals surface area contributed by atoms with Crippen LogP contribution in [0.3, 0.4) is 0 Å². The predicted molar refractivity (Wildman–Crippen MR) is 54.6 cm³/mol. The first kappa shape index (κ1) is 9.49. The number of benzene rings is 1. The van der Waals surface area contributed by atoms with E-state index in [4.69, 9.17) is 11.6 Å². The average Bonchev–Trinajstić information content (AvgIpc) is 2.03. The van der Waals surface area contributed by atoms with Crippen LogP contribution in [-0.2, 0) is 10.8 Å². The van der Waals surface area contributed by atoms with Gasteiger partial charge in [-0.15, -0.1) is 0 Å². The molecule has 0 saturated heterocycles. The van der Waals surface area contributed by atoms with Crippen LogP contribution in [0.2, 0.25) is 5.02 Å². The first-order chi connectivity index (χ1) is 5.70. The summed E-state index contributed by atoms with van der Waals surface area (Å²) in [6.07, 6.45) is 3.38. The summed E-state index contributed by atoms with van der Waals surface area (Å²) in [6.45, 7) is 0. The summed E-state index contributed by atoms with van der Waals surface area (Å²) in [6, 6.07) is 7.44. The second kappa shape index (κ2) is 4.43. The molecule has 1 aromatic carbocycles. The van der Waals surface area contributed by atoms with Crippen molar-refractivity contribution >= 4 is 28.5 Å². The van der Waals surface area contributed by atoms with Crippen molar-refractivity contribution in [1.82, 2.24) is 0 Å². The summed E-state index contributed by atoms with van der Waals surface area (Å²) in [5.41, 5.74) is 0.898. The molecule has 0 fully saturated rings. The number of hydrogen-bond acceptors (Lipinski definition) is 1. The van der Waals surface area contributed by atoms with Gasteiger partial charge in [0.1, 0.15) is 0 Å². The third-order valence-corrected chi connectivity index (χ3v) is 2.21. The van der Waals surface area contributed by atoms with Crippen molar-refractivity contribution in [3.63, 3.8) is 0 Å². The van der Waals surface area contributed by atoms with E-state index >= 15 is 0 Å². The van der Waals surface area contributed by atoms with Crippen molar-refractivity contribution < 1.29 is 4.21 Å². The van der Waals surface area contributed by atoms with Crippen LogP contribution >= 0.6 is 11.6 Å². The molecule has 64 valence electrons. The van der Waals surface area contributed by atoms with Crippen LogP contribution in [0, 0.1) is 0 Å². The molecule has 1 rings (SSSR count). The molecule has 0 aliphatic rings. The predicted octanol–water partition coefficient (Wildman–Crippen LogP) is 2.69. The van der Waals surface area contributed by atoms with Crippen LogP contribution in [0.5, 0.6) is 0 Å². The van der Waals surface area contributed by atoms with Gasteiger partial charge in [0.05, 0.1) is 0 Å². The number of halogens is 1. The Morgan fingerprint density at radius 3 is 2.67 bits per heavy atom. The van der Waals surface area contributed by atoms with E-state index in [1.165, 1.54) is 0 Å². The van der Waals surface area contributed by atoms with E-state index in [-0.39, 0.29) is 0 Å². The first-order valence-corrected chi connectivity index (χ1v) is 5.45. The van der Waals surface area contributed by atoms with E-state index in [9.17, 15) is 4.21 Å². The summed E-state index contributed by atoms with van der Waals surface area (Å²) in [7, 11) is -0.914. The van der Waals surface area contributed by atoms with E-state index < -0.39 is 10.8 Å².